The van der Waals surface area contributed by atoms with E-state index in [1.807, 2.05) is 52.8 Å². The molecule has 0 saturated carbocycles. The van der Waals surface area contributed by atoms with Gasteiger partial charge >= 0.3 is 6.09 Å². The molecule has 7 heteroatoms. The summed E-state index contributed by atoms with van der Waals surface area (Å²) < 4.78 is 17.5. The topological polar surface area (TPSA) is 78.0 Å². The Bertz CT molecular complexity index is 1060. The molecule has 1 amide bonds. The molecule has 2 unspecified atom stereocenters. The van der Waals surface area contributed by atoms with E-state index < -0.39 is 11.2 Å². The van der Waals surface area contributed by atoms with Crippen molar-refractivity contribution in [2.75, 3.05) is 13.7 Å². The Labute approximate surface area is 182 Å². The van der Waals surface area contributed by atoms with Gasteiger partial charge in [0.05, 0.1) is 36.8 Å². The lowest BCUT2D eigenvalue weighted by molar-refractivity contribution is 0.0136. The number of carbonyl (C=O) groups excluding carboxylic acids is 2. The van der Waals surface area contributed by atoms with E-state index in [9.17, 15) is 9.59 Å². The van der Waals surface area contributed by atoms with Crippen LogP contribution in [0.2, 0.25) is 0 Å². The van der Waals surface area contributed by atoms with Crippen LogP contribution in [0.5, 0.6) is 11.5 Å². The SMILES string of the molecule is CCC1CC2(CC(=O)c3c(c(C)nc4ccc(OC)cc34)O2)CN1C(=O)OC(C)(C)C. The van der Waals surface area contributed by atoms with Crippen molar-refractivity contribution in [2.24, 2.45) is 0 Å². The number of ketones is 1. The molecule has 1 aromatic carbocycles. The minimum Gasteiger partial charge on any atom is -0.497 e. The Hall–Kier alpha value is -2.83. The third kappa shape index (κ3) is 3.82. The molecule has 2 aliphatic rings. The van der Waals surface area contributed by atoms with Crippen molar-refractivity contribution in [3.05, 3.63) is 29.5 Å². The van der Waals surface area contributed by atoms with Crippen molar-refractivity contribution in [3.63, 3.8) is 0 Å². The zero-order chi connectivity index (χ0) is 22.6. The van der Waals surface area contributed by atoms with E-state index in [1.165, 1.54) is 0 Å². The van der Waals surface area contributed by atoms with E-state index in [0.29, 0.717) is 35.7 Å². The van der Waals surface area contributed by atoms with Crippen molar-refractivity contribution in [3.8, 4) is 11.5 Å². The number of fused-ring (bicyclic) bond motifs is 3. The number of nitrogens with zero attached hydrogens (tertiary/aromatic N) is 2. The van der Waals surface area contributed by atoms with E-state index in [4.69, 9.17) is 14.2 Å². The van der Waals surface area contributed by atoms with Gasteiger partial charge in [0.2, 0.25) is 0 Å². The molecule has 0 bridgehead atoms. The van der Waals surface area contributed by atoms with Gasteiger partial charge in [-0.2, -0.15) is 0 Å². The average molecular weight is 427 g/mol. The van der Waals surface area contributed by atoms with Crippen molar-refractivity contribution in [1.82, 2.24) is 9.88 Å². The molecular formula is C24H30N2O5. The number of likely N-dealkylation sites (tertiary alicyclic amines) is 1. The molecule has 0 radical (unpaired) electrons. The number of hydrogen-bond acceptors (Lipinski definition) is 6. The van der Waals surface area contributed by atoms with Crippen LogP contribution in [0.15, 0.2) is 18.2 Å². The fourth-order valence-electron chi connectivity index (χ4n) is 4.65. The van der Waals surface area contributed by atoms with Crippen LogP contribution in [0.3, 0.4) is 0 Å². The first-order valence-electron chi connectivity index (χ1n) is 10.8. The number of aromatic nitrogens is 1. The van der Waals surface area contributed by atoms with E-state index >= 15 is 0 Å². The Morgan fingerprint density at radius 2 is 2.10 bits per heavy atom. The normalized spacial score (nSPS) is 23.1. The highest BCUT2D eigenvalue weighted by molar-refractivity contribution is 6.11. The molecule has 7 nitrogen and oxygen atoms in total. The zero-order valence-corrected chi connectivity index (χ0v) is 19.1. The molecule has 2 atom stereocenters. The summed E-state index contributed by atoms with van der Waals surface area (Å²) in [6.07, 6.45) is 1.20. The molecular weight excluding hydrogens is 396 g/mol. The summed E-state index contributed by atoms with van der Waals surface area (Å²) >= 11 is 0. The summed E-state index contributed by atoms with van der Waals surface area (Å²) in [4.78, 5) is 32.6. The molecule has 1 aromatic heterocycles. The minimum absolute atomic E-state index is 0.00546. The van der Waals surface area contributed by atoms with Crippen LogP contribution in [0.1, 0.15) is 63.0 Å². The Morgan fingerprint density at radius 3 is 2.74 bits per heavy atom. The Morgan fingerprint density at radius 1 is 1.35 bits per heavy atom. The lowest BCUT2D eigenvalue weighted by atomic mass is 9.86. The van der Waals surface area contributed by atoms with Gasteiger partial charge in [0.1, 0.15) is 17.0 Å². The first-order valence-corrected chi connectivity index (χ1v) is 10.8. The molecule has 4 rings (SSSR count). The average Bonchev–Trinajstić information content (AvgIpc) is 3.04. The van der Waals surface area contributed by atoms with E-state index in [-0.39, 0.29) is 24.3 Å². The van der Waals surface area contributed by atoms with Gasteiger partial charge in [0.15, 0.2) is 11.5 Å². The standard InChI is InChI=1S/C24H30N2O5/c1-7-15-11-24(13-26(15)22(28)31-23(3,4)5)12-19(27)20-17-10-16(29-6)8-9-18(17)25-14(2)21(20)30-24/h8-10,15H,7,11-13H2,1-6H3. The predicted octanol–water partition coefficient (Wildman–Crippen LogP) is 4.68. The molecule has 31 heavy (non-hydrogen) atoms. The fraction of sp³-hybridized carbons (Fsp3) is 0.542. The number of aryl methyl sites for hydroxylation is 1. The van der Waals surface area contributed by atoms with Crippen LogP contribution in [0, 0.1) is 6.92 Å². The van der Waals surface area contributed by atoms with Crippen molar-refractivity contribution in [2.45, 2.75) is 71.1 Å². The number of hydrogen-bond donors (Lipinski definition) is 0. The summed E-state index contributed by atoms with van der Waals surface area (Å²) in [7, 11) is 1.59. The summed E-state index contributed by atoms with van der Waals surface area (Å²) in [5.74, 6) is 1.18. The molecule has 0 aliphatic carbocycles. The second-order valence-electron chi connectivity index (χ2n) is 9.54. The number of pyridine rings is 1. The van der Waals surface area contributed by atoms with Crippen LogP contribution in [-0.2, 0) is 4.74 Å². The number of Topliss-reactive ketones (excluding diaryl/α,β-unsaturated/α-hetero) is 1. The monoisotopic (exact) mass is 426 g/mol. The third-order valence-corrected chi connectivity index (χ3v) is 6.00. The largest absolute Gasteiger partial charge is 0.497 e. The number of ether oxygens (including phenoxy) is 3. The van der Waals surface area contributed by atoms with Crippen LogP contribution in [0.4, 0.5) is 4.79 Å². The molecule has 0 N–H and O–H groups in total. The number of amides is 1. The highest BCUT2D eigenvalue weighted by Gasteiger charge is 2.52. The quantitative estimate of drug-likeness (QED) is 0.694. The Balaban J connectivity index is 1.72. The number of methoxy groups -OCH3 is 1. The maximum Gasteiger partial charge on any atom is 0.410 e. The van der Waals surface area contributed by atoms with Crippen molar-refractivity contribution in [1.29, 1.82) is 0 Å². The minimum atomic E-state index is -0.763. The molecule has 3 heterocycles. The van der Waals surface area contributed by atoms with Gasteiger partial charge in [-0.15, -0.1) is 0 Å². The second kappa shape index (κ2) is 7.39. The number of carbonyl (C=O) groups is 2. The van der Waals surface area contributed by atoms with Gasteiger partial charge < -0.3 is 19.1 Å². The highest BCUT2D eigenvalue weighted by atomic mass is 16.6. The molecule has 2 aliphatic heterocycles. The number of benzene rings is 1. The van der Waals surface area contributed by atoms with E-state index in [2.05, 4.69) is 4.98 Å². The predicted molar refractivity (Wildman–Crippen MR) is 117 cm³/mol. The molecule has 1 saturated heterocycles. The third-order valence-electron chi connectivity index (χ3n) is 6.00. The van der Waals surface area contributed by atoms with Gasteiger partial charge in [0.25, 0.3) is 0 Å². The lowest BCUT2D eigenvalue weighted by Gasteiger charge is -2.35. The smallest absolute Gasteiger partial charge is 0.410 e. The molecule has 1 spiro atoms. The fourth-order valence-corrected chi connectivity index (χ4v) is 4.65. The second-order valence-corrected chi connectivity index (χ2v) is 9.54. The first-order chi connectivity index (χ1) is 14.6. The zero-order valence-electron chi connectivity index (χ0n) is 19.1. The van der Waals surface area contributed by atoms with Crippen LogP contribution in [-0.4, -0.2) is 52.7 Å². The van der Waals surface area contributed by atoms with E-state index in [1.54, 1.807) is 12.0 Å². The summed E-state index contributed by atoms with van der Waals surface area (Å²) in [5.41, 5.74) is 0.609. The summed E-state index contributed by atoms with van der Waals surface area (Å²) in [5, 5.41) is 0.730. The first kappa shape index (κ1) is 21.4. The maximum atomic E-state index is 13.4. The van der Waals surface area contributed by atoms with Gasteiger partial charge in [-0.3, -0.25) is 4.79 Å². The number of rotatable bonds is 2. The lowest BCUT2D eigenvalue weighted by Crippen LogP contribution is -2.46. The Kier molecular flexibility index (Phi) is 5.10. The molecule has 2 aromatic rings. The van der Waals surface area contributed by atoms with Crippen LogP contribution >= 0.6 is 0 Å². The summed E-state index contributed by atoms with van der Waals surface area (Å²) in [6, 6.07) is 5.47. The van der Waals surface area contributed by atoms with Crippen LogP contribution < -0.4 is 9.47 Å². The van der Waals surface area contributed by atoms with Gasteiger partial charge in [0, 0.05) is 17.8 Å². The maximum absolute atomic E-state index is 13.4. The summed E-state index contributed by atoms with van der Waals surface area (Å²) in [6.45, 7) is 9.76. The van der Waals surface area contributed by atoms with Crippen LogP contribution in [0.25, 0.3) is 10.9 Å². The molecule has 166 valence electrons. The van der Waals surface area contributed by atoms with Gasteiger partial charge in [-0.25, -0.2) is 9.78 Å². The van der Waals surface area contributed by atoms with Gasteiger partial charge in [-0.05, 0) is 52.3 Å². The molecule has 1 fully saturated rings. The van der Waals surface area contributed by atoms with Crippen molar-refractivity contribution < 1.29 is 23.8 Å². The van der Waals surface area contributed by atoms with Crippen molar-refractivity contribution >= 4 is 22.8 Å². The van der Waals surface area contributed by atoms with Gasteiger partial charge in [-0.1, -0.05) is 6.92 Å². The highest BCUT2D eigenvalue weighted by Crippen LogP contribution is 2.45. The van der Waals surface area contributed by atoms with E-state index in [0.717, 1.165) is 17.3 Å².